The Morgan fingerprint density at radius 1 is 1.04 bits per heavy atom. The third-order valence-electron chi connectivity index (χ3n) is 7.34. The van der Waals surface area contributed by atoms with E-state index in [1.165, 1.54) is 6.07 Å². The van der Waals surface area contributed by atoms with E-state index in [1.54, 1.807) is 0 Å². The van der Waals surface area contributed by atoms with E-state index in [9.17, 15) is 69.3 Å². The van der Waals surface area contributed by atoms with Crippen LogP contribution in [-0.4, -0.2) is 122 Å². The van der Waals surface area contributed by atoms with E-state index < -0.39 is 105 Å². The number of phosphoric acid groups is 2. The molecule has 11 atom stereocenters. The molecular weight excluding hydrogens is 836 g/mol. The number of hydrogen-bond acceptors (Lipinski definition) is 23. The molecule has 5 rings (SSSR count). The molecule has 2 aliphatic heterocycles. The quantitative estimate of drug-likeness (QED) is 0.0245. The number of imidazole rings is 1. The van der Waals surface area contributed by atoms with Crippen molar-refractivity contribution in [2.24, 2.45) is 0 Å². The number of fused-ring (bicyclic) bond motifs is 1. The van der Waals surface area contributed by atoms with Crippen LogP contribution in [-0.2, 0) is 32.0 Å². The summed E-state index contributed by atoms with van der Waals surface area (Å²) in [5.41, 5.74) is 3.16. The van der Waals surface area contributed by atoms with Crippen LogP contribution in [0, 0.1) is 10.1 Å². The van der Waals surface area contributed by atoms with Gasteiger partial charge in [-0.1, -0.05) is 21.6 Å². The van der Waals surface area contributed by atoms with E-state index in [2.05, 4.69) is 28.3 Å². The van der Waals surface area contributed by atoms with Crippen molar-refractivity contribution >= 4 is 66.0 Å². The number of carboxylic acids is 1. The molecule has 0 bridgehead atoms. The van der Waals surface area contributed by atoms with Gasteiger partial charge < -0.3 is 60.2 Å². The van der Waals surface area contributed by atoms with Gasteiger partial charge in [0.15, 0.2) is 23.7 Å². The summed E-state index contributed by atoms with van der Waals surface area (Å²) in [6, 6.07) is 3.20. The number of nitrogens with two attached hydrogens (primary N) is 1. The number of aliphatic hydroxyl groups excluding tert-OH is 5. The number of rotatable bonds is 14. The summed E-state index contributed by atoms with van der Waals surface area (Å²) < 4.78 is 49.7. The zero-order chi connectivity index (χ0) is 38.3. The standard InChI is InChI=1S/C23H28N6O19P2S2.2Na/c24-23-26-18-12(19(35)27-23)25-6-28(18)20-16(33)13(30)10(45-20)4-44-49(40,41)48-50(42,43)47-22-17(34)15(32)14(31)11(46-22)5-51-52-7-1-2-9(29(38)39)8(3-7)21(36)37;;/h1-3,6,10-11,13-17,20,22,30-34H,4-5H2,(H,36,37)(H,40,41)(H,42,43)(H3,24,26,27,35);;/q;2*+1/p-2. The maximum atomic E-state index is 12.5. The van der Waals surface area contributed by atoms with E-state index in [-0.39, 0.29) is 86.9 Å². The maximum Gasteiger partial charge on any atom is 1.00 e. The molecular formula is C23H26N6Na2O19P2S2. The summed E-state index contributed by atoms with van der Waals surface area (Å²) in [5, 5.41) is 72.1. The summed E-state index contributed by atoms with van der Waals surface area (Å²) >= 11 is 0. The average Bonchev–Trinajstić information content (AvgIpc) is 3.60. The smallest absolute Gasteiger partial charge is 0.756 e. The minimum Gasteiger partial charge on any atom is -0.756 e. The number of nitrogen functional groups attached to an aromatic ring is 1. The first-order valence-electron chi connectivity index (χ1n) is 14.2. The first kappa shape index (κ1) is 47.3. The Bertz CT molecular complexity index is 2000. The summed E-state index contributed by atoms with van der Waals surface area (Å²) in [5.74, 6) is -2.18. The molecule has 2 aromatic heterocycles. The van der Waals surface area contributed by atoms with E-state index in [0.29, 0.717) is 0 Å². The zero-order valence-electron chi connectivity index (χ0n) is 27.5. The summed E-state index contributed by atoms with van der Waals surface area (Å²) in [7, 11) is -10.2. The van der Waals surface area contributed by atoms with Crippen LogP contribution in [0.4, 0.5) is 11.6 Å². The molecule has 25 nitrogen and oxygen atoms in total. The van der Waals surface area contributed by atoms with E-state index in [1.807, 2.05) is 0 Å². The molecule has 3 aromatic rings. The monoisotopic (exact) mass is 862 g/mol. The van der Waals surface area contributed by atoms with Crippen molar-refractivity contribution < 1.29 is 141 Å². The number of aliphatic hydroxyl groups is 5. The van der Waals surface area contributed by atoms with Crippen LogP contribution in [0.1, 0.15) is 16.6 Å². The SMILES string of the molecule is Nc1nc2c(ncn2C2OC(COP(=O)([O-])OP(=O)([O-])OC3OC(CSSc4ccc([N+](=O)[O-])c(C(=O)O)c4)C(O)C(O)C3O)C(O)C2O)c(=O)[nH]1.[Na+].[Na+]. The van der Waals surface area contributed by atoms with Crippen LogP contribution < -0.4 is 80.2 Å². The zero-order valence-corrected chi connectivity index (χ0v) is 34.9. The van der Waals surface area contributed by atoms with E-state index >= 15 is 0 Å². The number of aromatic carboxylic acids is 1. The Kier molecular flexibility index (Phi) is 16.7. The number of nitrogens with zero attached hydrogens (tertiary/aromatic N) is 4. The van der Waals surface area contributed by atoms with Crippen molar-refractivity contribution in [2.75, 3.05) is 18.1 Å². The average molecular weight is 863 g/mol. The van der Waals surface area contributed by atoms with Gasteiger partial charge in [0, 0.05) is 16.7 Å². The number of nitrogens with one attached hydrogen (secondary N) is 1. The van der Waals surface area contributed by atoms with Gasteiger partial charge in [0.2, 0.25) is 5.95 Å². The van der Waals surface area contributed by atoms with Gasteiger partial charge in [-0.15, -0.1) is 0 Å². The number of H-pyrrole nitrogens is 1. The van der Waals surface area contributed by atoms with Gasteiger partial charge in [-0.3, -0.25) is 38.1 Å². The topological polar surface area (TPSA) is 398 Å². The van der Waals surface area contributed by atoms with Crippen molar-refractivity contribution in [2.45, 2.75) is 60.1 Å². The van der Waals surface area contributed by atoms with Crippen LogP contribution in [0.15, 0.2) is 34.2 Å². The number of benzene rings is 1. The maximum absolute atomic E-state index is 12.5. The predicted molar refractivity (Wildman–Crippen MR) is 167 cm³/mol. The molecule has 4 heterocycles. The van der Waals surface area contributed by atoms with Gasteiger partial charge in [-0.05, 0) is 12.1 Å². The Morgan fingerprint density at radius 3 is 2.35 bits per heavy atom. The number of phosphoric ester groups is 2. The molecule has 9 N–H and O–H groups in total. The Balaban J connectivity index is 0.00000392. The molecule has 2 aliphatic rings. The van der Waals surface area contributed by atoms with Gasteiger partial charge in [0.1, 0.15) is 42.2 Å². The summed E-state index contributed by atoms with van der Waals surface area (Å²) in [4.78, 5) is 68.7. The number of anilines is 1. The molecule has 2 saturated heterocycles. The third kappa shape index (κ3) is 10.9. The van der Waals surface area contributed by atoms with Crippen molar-refractivity contribution in [3.05, 3.63) is 50.6 Å². The summed E-state index contributed by atoms with van der Waals surface area (Å²) in [6.45, 7) is -1.13. The molecule has 0 spiro atoms. The van der Waals surface area contributed by atoms with Crippen LogP contribution in [0.5, 0.6) is 0 Å². The van der Waals surface area contributed by atoms with Crippen LogP contribution in [0.2, 0.25) is 0 Å². The van der Waals surface area contributed by atoms with Crippen LogP contribution in [0.3, 0.4) is 0 Å². The normalized spacial score (nSPS) is 29.1. The second-order valence-corrected chi connectivity index (χ2v) is 16.1. The third-order valence-corrected chi connectivity index (χ3v) is 12.2. The number of aromatic amines is 1. The fraction of sp³-hybridized carbons (Fsp3) is 0.478. The number of hydrogen-bond donors (Lipinski definition) is 8. The van der Waals surface area contributed by atoms with Gasteiger partial charge in [0.05, 0.1) is 24.0 Å². The van der Waals surface area contributed by atoms with Gasteiger partial charge in [-0.25, -0.2) is 14.1 Å². The predicted octanol–water partition coefficient (Wildman–Crippen LogP) is -8.83. The van der Waals surface area contributed by atoms with E-state index in [0.717, 1.165) is 44.6 Å². The molecule has 2 fully saturated rings. The number of aromatic nitrogens is 4. The number of carbonyl (C=O) groups is 1. The molecule has 0 amide bonds. The van der Waals surface area contributed by atoms with Crippen molar-refractivity contribution in [1.29, 1.82) is 0 Å². The molecule has 0 aliphatic carbocycles. The molecule has 286 valence electrons. The molecule has 54 heavy (non-hydrogen) atoms. The first-order chi connectivity index (χ1) is 24.3. The second kappa shape index (κ2) is 19.1. The van der Waals surface area contributed by atoms with E-state index in [4.69, 9.17) is 15.2 Å². The second-order valence-electron chi connectivity index (χ2n) is 10.8. The van der Waals surface area contributed by atoms with Crippen LogP contribution >= 0.6 is 37.2 Å². The number of nitro benzene ring substituents is 1. The number of nitro groups is 1. The van der Waals surface area contributed by atoms with Crippen molar-refractivity contribution in [1.82, 2.24) is 19.5 Å². The minimum absolute atomic E-state index is 0. The molecule has 11 unspecified atom stereocenters. The molecule has 1 aromatic carbocycles. The number of ether oxygens (including phenoxy) is 2. The van der Waals surface area contributed by atoms with Crippen molar-refractivity contribution in [3.63, 3.8) is 0 Å². The minimum atomic E-state index is -6.04. The fourth-order valence-electron chi connectivity index (χ4n) is 4.89. The molecule has 0 saturated carbocycles. The van der Waals surface area contributed by atoms with Crippen molar-refractivity contribution in [3.8, 4) is 0 Å². The van der Waals surface area contributed by atoms with Gasteiger partial charge >= 0.3 is 65.1 Å². The molecule has 0 radical (unpaired) electrons. The largest absolute Gasteiger partial charge is 1.00 e. The Labute approximate surface area is 352 Å². The summed E-state index contributed by atoms with van der Waals surface area (Å²) in [6.07, 6.45) is -15.8. The van der Waals surface area contributed by atoms with Crippen LogP contribution in [0.25, 0.3) is 11.2 Å². The number of carboxylic acid groups (broad SMARTS) is 1. The fourth-order valence-corrected chi connectivity index (χ4v) is 9.20. The van der Waals surface area contributed by atoms with Gasteiger partial charge in [0.25, 0.3) is 26.9 Å². The van der Waals surface area contributed by atoms with Gasteiger partial charge in [-0.2, -0.15) is 4.98 Å². The Hall–Kier alpha value is -1.08. The first-order valence-corrected chi connectivity index (χ1v) is 19.4. The molecule has 31 heteroatoms. The Morgan fingerprint density at radius 2 is 1.70 bits per heavy atom.